The van der Waals surface area contributed by atoms with Crippen LogP contribution in [0.15, 0.2) is 77.0 Å². The Morgan fingerprint density at radius 1 is 1.16 bits per heavy atom. The SMILES string of the molecule is COc1cc(N2C(C(C)(C)c3ccc(Cl)c(Cl)c3)=CCC(C)=C2SCc2ccc(C#CCNC(N)N)c(C(=O)O)c2)ccc1F. The predicted molar refractivity (Wildman–Crippen MR) is 182 cm³/mol. The molecule has 1 heterocycles. The van der Waals surface area contributed by atoms with E-state index < -0.39 is 23.5 Å². The standard InChI is InChI=1S/C34H35Cl2FN4O3S/c1-20-7-14-30(34(2,3)23-10-12-26(35)27(36)17-23)41(24-11-13-28(37)29(18-24)44-4)31(20)45-19-21-8-9-22(25(16-21)32(42)43)6-5-15-40-33(38)39/h8-14,16-18,33,40H,7,15,19,38-39H2,1-4H3,(H,42,43). The molecule has 3 aromatic carbocycles. The summed E-state index contributed by atoms with van der Waals surface area (Å²) in [6.07, 6.45) is 2.14. The van der Waals surface area contributed by atoms with Crippen LogP contribution in [0.3, 0.4) is 0 Å². The van der Waals surface area contributed by atoms with Crippen LogP contribution in [0, 0.1) is 17.7 Å². The lowest BCUT2D eigenvalue weighted by atomic mass is 9.79. The second-order valence-electron chi connectivity index (χ2n) is 11.0. The van der Waals surface area contributed by atoms with Crippen LogP contribution in [-0.2, 0) is 11.2 Å². The smallest absolute Gasteiger partial charge is 0.336 e. The first-order valence-electron chi connectivity index (χ1n) is 14.1. The van der Waals surface area contributed by atoms with Gasteiger partial charge in [-0.15, -0.1) is 11.8 Å². The van der Waals surface area contributed by atoms with Crippen molar-refractivity contribution in [2.45, 2.75) is 44.6 Å². The third kappa shape index (κ3) is 8.03. The van der Waals surface area contributed by atoms with E-state index in [1.165, 1.54) is 13.2 Å². The second kappa shape index (κ2) is 14.7. The number of methoxy groups -OCH3 is 1. The van der Waals surface area contributed by atoms with E-state index in [-0.39, 0.29) is 17.9 Å². The number of benzene rings is 3. The number of nitrogens with one attached hydrogen (secondary N) is 1. The average Bonchev–Trinajstić information content (AvgIpc) is 3.00. The third-order valence-corrected chi connectivity index (χ3v) is 9.45. The molecule has 0 fully saturated rings. The number of hydrogen-bond donors (Lipinski definition) is 4. The number of nitrogens with zero attached hydrogens (tertiary/aromatic N) is 1. The molecule has 45 heavy (non-hydrogen) atoms. The lowest BCUT2D eigenvalue weighted by Gasteiger charge is -2.42. The van der Waals surface area contributed by atoms with Crippen molar-refractivity contribution in [1.82, 2.24) is 5.32 Å². The van der Waals surface area contributed by atoms with Gasteiger partial charge in [-0.3, -0.25) is 5.32 Å². The highest BCUT2D eigenvalue weighted by Crippen LogP contribution is 2.47. The molecule has 0 amide bonds. The molecule has 0 bridgehead atoms. The number of hydrogen-bond acceptors (Lipinski definition) is 7. The fourth-order valence-electron chi connectivity index (χ4n) is 4.95. The third-order valence-electron chi connectivity index (χ3n) is 7.42. The van der Waals surface area contributed by atoms with Crippen molar-refractivity contribution in [2.75, 3.05) is 18.6 Å². The van der Waals surface area contributed by atoms with Crippen LogP contribution in [0.25, 0.3) is 0 Å². The van der Waals surface area contributed by atoms with Gasteiger partial charge in [-0.05, 0) is 66.4 Å². The van der Waals surface area contributed by atoms with Gasteiger partial charge in [0.25, 0.3) is 0 Å². The summed E-state index contributed by atoms with van der Waals surface area (Å²) in [7, 11) is 1.43. The minimum absolute atomic E-state index is 0.105. The summed E-state index contributed by atoms with van der Waals surface area (Å²) in [6.45, 7) is 6.48. The number of anilines is 1. The van der Waals surface area contributed by atoms with Crippen LogP contribution < -0.4 is 26.4 Å². The maximum atomic E-state index is 14.6. The molecular weight excluding hydrogens is 634 g/mol. The lowest BCUT2D eigenvalue weighted by molar-refractivity contribution is 0.0696. The molecule has 0 aliphatic carbocycles. The molecule has 0 unspecified atom stereocenters. The van der Waals surface area contributed by atoms with Gasteiger partial charge in [-0.1, -0.05) is 67.1 Å². The number of halogens is 3. The zero-order valence-electron chi connectivity index (χ0n) is 25.4. The zero-order chi connectivity index (χ0) is 32.9. The maximum absolute atomic E-state index is 14.6. The molecule has 4 rings (SSSR count). The van der Waals surface area contributed by atoms with Crippen LogP contribution in [0.4, 0.5) is 10.1 Å². The van der Waals surface area contributed by atoms with E-state index in [2.05, 4.69) is 48.9 Å². The highest BCUT2D eigenvalue weighted by atomic mass is 35.5. The van der Waals surface area contributed by atoms with E-state index in [0.717, 1.165) is 33.1 Å². The van der Waals surface area contributed by atoms with Gasteiger partial charge in [-0.2, -0.15) is 0 Å². The monoisotopic (exact) mass is 668 g/mol. The molecular formula is C34H35Cl2FN4O3S. The van der Waals surface area contributed by atoms with Crippen molar-refractivity contribution in [3.05, 3.63) is 115 Å². The largest absolute Gasteiger partial charge is 0.494 e. The molecule has 0 aromatic heterocycles. The van der Waals surface area contributed by atoms with Gasteiger partial charge < -0.3 is 26.2 Å². The van der Waals surface area contributed by atoms with Crippen molar-refractivity contribution in [1.29, 1.82) is 0 Å². The number of carboxylic acid groups (broad SMARTS) is 1. The molecule has 0 radical (unpaired) electrons. The summed E-state index contributed by atoms with van der Waals surface area (Å²) >= 11 is 14.2. The summed E-state index contributed by atoms with van der Waals surface area (Å²) in [6, 6.07) is 15.6. The molecule has 1 aliphatic heterocycles. The number of thioether (sulfide) groups is 1. The molecule has 0 saturated heterocycles. The first-order valence-corrected chi connectivity index (χ1v) is 15.8. The van der Waals surface area contributed by atoms with Gasteiger partial charge in [0.2, 0.25) is 0 Å². The minimum atomic E-state index is -1.07. The number of nitrogens with two attached hydrogens (primary N) is 2. The van der Waals surface area contributed by atoms with Crippen LogP contribution in [0.1, 0.15) is 54.2 Å². The van der Waals surface area contributed by atoms with Crippen molar-refractivity contribution in [3.63, 3.8) is 0 Å². The maximum Gasteiger partial charge on any atom is 0.336 e. The van der Waals surface area contributed by atoms with Gasteiger partial charge in [0, 0.05) is 28.5 Å². The Hall–Kier alpha value is -3.49. The topological polar surface area (TPSA) is 114 Å². The average molecular weight is 670 g/mol. The Labute approximate surface area is 277 Å². The van der Waals surface area contributed by atoms with Crippen molar-refractivity contribution in [2.24, 2.45) is 11.5 Å². The van der Waals surface area contributed by atoms with Crippen LogP contribution in [-0.4, -0.2) is 31.0 Å². The number of carbonyl (C=O) groups is 1. The Balaban J connectivity index is 1.72. The molecule has 7 nitrogen and oxygen atoms in total. The van der Waals surface area contributed by atoms with Gasteiger partial charge in [0.1, 0.15) is 6.29 Å². The Kier molecular flexibility index (Phi) is 11.3. The quantitative estimate of drug-likeness (QED) is 0.132. The normalized spacial score (nSPS) is 13.5. The summed E-state index contributed by atoms with van der Waals surface area (Å²) in [5.74, 6) is 4.79. The first-order chi connectivity index (χ1) is 21.3. The minimum Gasteiger partial charge on any atom is -0.494 e. The van der Waals surface area contributed by atoms with Crippen molar-refractivity contribution < 1.29 is 19.0 Å². The van der Waals surface area contributed by atoms with Gasteiger partial charge in [0.15, 0.2) is 11.6 Å². The molecule has 0 atom stereocenters. The second-order valence-corrected chi connectivity index (χ2v) is 12.7. The molecule has 11 heteroatoms. The number of rotatable bonds is 10. The summed E-state index contributed by atoms with van der Waals surface area (Å²) in [4.78, 5) is 14.2. The van der Waals surface area contributed by atoms with E-state index in [9.17, 15) is 14.3 Å². The highest BCUT2D eigenvalue weighted by Gasteiger charge is 2.35. The Bertz CT molecular complexity index is 1730. The summed E-state index contributed by atoms with van der Waals surface area (Å²) in [5, 5.41) is 14.5. The van der Waals surface area contributed by atoms with Crippen LogP contribution in [0.5, 0.6) is 5.75 Å². The molecule has 0 saturated carbocycles. The van der Waals surface area contributed by atoms with Gasteiger partial charge in [0.05, 0.1) is 40.0 Å². The fraction of sp³-hybridized carbons (Fsp3) is 0.265. The Morgan fingerprint density at radius 2 is 1.91 bits per heavy atom. The molecule has 1 aliphatic rings. The number of allylic oxidation sites excluding steroid dienone is 3. The van der Waals surface area contributed by atoms with E-state index >= 15 is 0 Å². The lowest BCUT2D eigenvalue weighted by Crippen LogP contribution is -2.45. The number of carboxylic acids is 1. The van der Waals surface area contributed by atoms with E-state index in [1.54, 1.807) is 42.1 Å². The first kappa shape index (κ1) is 34.4. The van der Waals surface area contributed by atoms with E-state index in [0.29, 0.717) is 27.8 Å². The Morgan fingerprint density at radius 3 is 2.58 bits per heavy atom. The predicted octanol–water partition coefficient (Wildman–Crippen LogP) is 7.22. The highest BCUT2D eigenvalue weighted by molar-refractivity contribution is 8.02. The van der Waals surface area contributed by atoms with Crippen molar-refractivity contribution in [3.8, 4) is 17.6 Å². The van der Waals surface area contributed by atoms with Crippen molar-refractivity contribution >= 4 is 46.6 Å². The van der Waals surface area contributed by atoms with E-state index in [1.807, 2.05) is 18.2 Å². The van der Waals surface area contributed by atoms with Crippen LogP contribution in [0.2, 0.25) is 10.0 Å². The van der Waals surface area contributed by atoms with Gasteiger partial charge in [-0.25, -0.2) is 9.18 Å². The zero-order valence-corrected chi connectivity index (χ0v) is 27.7. The molecule has 3 aromatic rings. The molecule has 6 N–H and O–H groups in total. The van der Waals surface area contributed by atoms with Crippen LogP contribution >= 0.6 is 35.0 Å². The summed E-state index contributed by atoms with van der Waals surface area (Å²) in [5.41, 5.74) is 15.5. The van der Waals surface area contributed by atoms with E-state index in [4.69, 9.17) is 39.4 Å². The molecule has 236 valence electrons. The summed E-state index contributed by atoms with van der Waals surface area (Å²) < 4.78 is 19.9. The number of aromatic carboxylic acids is 1. The fourth-order valence-corrected chi connectivity index (χ4v) is 6.40. The molecule has 0 spiro atoms. The number of ether oxygens (including phenoxy) is 1. The van der Waals surface area contributed by atoms with Gasteiger partial charge >= 0.3 is 5.97 Å².